The van der Waals surface area contributed by atoms with Gasteiger partial charge < -0.3 is 16.4 Å². The molecule has 138 valence electrons. The molecule has 4 N–H and O–H groups in total. The van der Waals surface area contributed by atoms with Crippen LogP contribution in [0.2, 0.25) is 0 Å². The number of hydrogen-bond donors (Lipinski definition) is 3. The monoisotopic (exact) mass is 359 g/mol. The van der Waals surface area contributed by atoms with E-state index in [1.807, 2.05) is 56.3 Å². The van der Waals surface area contributed by atoms with Crippen molar-refractivity contribution in [3.05, 3.63) is 97.2 Å². The topological polar surface area (TPSA) is 75.9 Å². The molecule has 1 aromatic heterocycles. The SMILES string of the molecule is C=C/C(=C\C(=C/C)Nc1nccc(-c2ccc(NC(=C)C)cc2)n1)C(=C)N. The van der Waals surface area contributed by atoms with E-state index in [1.54, 1.807) is 12.3 Å². The van der Waals surface area contributed by atoms with E-state index in [0.717, 1.165) is 33.9 Å². The van der Waals surface area contributed by atoms with Crippen molar-refractivity contribution in [2.75, 3.05) is 10.6 Å². The minimum atomic E-state index is 0.448. The van der Waals surface area contributed by atoms with Crippen molar-refractivity contribution < 1.29 is 0 Å². The zero-order chi connectivity index (χ0) is 19.8. The smallest absolute Gasteiger partial charge is 0.227 e. The van der Waals surface area contributed by atoms with E-state index in [4.69, 9.17) is 5.73 Å². The average molecular weight is 359 g/mol. The van der Waals surface area contributed by atoms with Crippen molar-refractivity contribution in [1.29, 1.82) is 0 Å². The number of anilines is 2. The van der Waals surface area contributed by atoms with Crippen molar-refractivity contribution in [3.8, 4) is 11.3 Å². The lowest BCUT2D eigenvalue weighted by atomic mass is 10.1. The second kappa shape index (κ2) is 9.20. The first-order valence-corrected chi connectivity index (χ1v) is 8.51. The van der Waals surface area contributed by atoms with E-state index < -0.39 is 0 Å². The molecule has 0 unspecified atom stereocenters. The fraction of sp³-hybridized carbons (Fsp3) is 0.0909. The van der Waals surface area contributed by atoms with Crippen LogP contribution in [0.4, 0.5) is 11.6 Å². The highest BCUT2D eigenvalue weighted by molar-refractivity contribution is 5.64. The highest BCUT2D eigenvalue weighted by Gasteiger charge is 2.04. The van der Waals surface area contributed by atoms with Gasteiger partial charge in [0, 0.05) is 34.5 Å². The Kier molecular flexibility index (Phi) is 6.72. The van der Waals surface area contributed by atoms with E-state index in [2.05, 4.69) is 40.3 Å². The standard InChI is InChI=1S/C22H25N5/c1-6-17(16(5)23)14-19(7-2)26-22-24-13-12-21(27-22)18-8-10-20(11-9-18)25-15(3)4/h6-14,25H,1,3,5,23H2,2,4H3,(H,24,26,27)/b17-14+,19-7+. The quantitative estimate of drug-likeness (QED) is 0.579. The van der Waals surface area contributed by atoms with Crippen LogP contribution in [0.15, 0.2) is 97.2 Å². The first-order valence-electron chi connectivity index (χ1n) is 8.51. The van der Waals surface area contributed by atoms with Crippen molar-refractivity contribution >= 4 is 11.6 Å². The molecular weight excluding hydrogens is 334 g/mol. The maximum absolute atomic E-state index is 5.76. The molecule has 0 spiro atoms. The van der Waals surface area contributed by atoms with E-state index in [0.29, 0.717) is 11.6 Å². The third kappa shape index (κ3) is 5.71. The maximum atomic E-state index is 5.76. The minimum absolute atomic E-state index is 0.448. The molecule has 1 aromatic carbocycles. The first-order chi connectivity index (χ1) is 12.9. The molecule has 0 bridgehead atoms. The normalized spacial score (nSPS) is 11.6. The molecule has 0 radical (unpaired) electrons. The Labute approximate surface area is 160 Å². The molecule has 2 rings (SSSR count). The largest absolute Gasteiger partial charge is 0.399 e. The predicted octanol–water partition coefficient (Wildman–Crippen LogP) is 4.99. The third-order valence-corrected chi connectivity index (χ3v) is 3.66. The van der Waals surface area contributed by atoms with E-state index in [-0.39, 0.29) is 0 Å². The summed E-state index contributed by atoms with van der Waals surface area (Å²) in [5.41, 5.74) is 11.4. The molecular formula is C22H25N5. The summed E-state index contributed by atoms with van der Waals surface area (Å²) >= 11 is 0. The lowest BCUT2D eigenvalue weighted by Crippen LogP contribution is -2.04. The second-order valence-corrected chi connectivity index (χ2v) is 5.95. The van der Waals surface area contributed by atoms with Crippen LogP contribution in [0.1, 0.15) is 13.8 Å². The van der Waals surface area contributed by atoms with Gasteiger partial charge in [-0.05, 0) is 43.7 Å². The number of nitrogens with zero attached hydrogens (tertiary/aromatic N) is 2. The first kappa shape index (κ1) is 19.7. The number of aromatic nitrogens is 2. The Morgan fingerprint density at radius 3 is 2.37 bits per heavy atom. The summed E-state index contributed by atoms with van der Waals surface area (Å²) in [5.74, 6) is 0.493. The number of allylic oxidation sites excluding steroid dienone is 4. The molecule has 0 saturated heterocycles. The molecule has 1 heterocycles. The summed E-state index contributed by atoms with van der Waals surface area (Å²) in [4.78, 5) is 8.88. The summed E-state index contributed by atoms with van der Waals surface area (Å²) in [6.07, 6.45) is 7.13. The predicted molar refractivity (Wildman–Crippen MR) is 115 cm³/mol. The van der Waals surface area contributed by atoms with Gasteiger partial charge in [0.25, 0.3) is 0 Å². The Morgan fingerprint density at radius 2 is 1.81 bits per heavy atom. The summed E-state index contributed by atoms with van der Waals surface area (Å²) < 4.78 is 0. The Balaban J connectivity index is 2.23. The fourth-order valence-corrected chi connectivity index (χ4v) is 2.32. The van der Waals surface area contributed by atoms with E-state index >= 15 is 0 Å². The highest BCUT2D eigenvalue weighted by atomic mass is 15.1. The van der Waals surface area contributed by atoms with Gasteiger partial charge in [-0.1, -0.05) is 44.0 Å². The van der Waals surface area contributed by atoms with Gasteiger partial charge >= 0.3 is 0 Å². The zero-order valence-electron chi connectivity index (χ0n) is 15.8. The molecule has 0 saturated carbocycles. The van der Waals surface area contributed by atoms with Crippen LogP contribution in [0, 0.1) is 0 Å². The van der Waals surface area contributed by atoms with Gasteiger partial charge in [-0.3, -0.25) is 0 Å². The molecule has 5 heteroatoms. The van der Waals surface area contributed by atoms with E-state index in [9.17, 15) is 0 Å². The molecule has 2 aromatic rings. The van der Waals surface area contributed by atoms with Crippen molar-refractivity contribution in [2.24, 2.45) is 5.73 Å². The number of hydrogen-bond acceptors (Lipinski definition) is 5. The lowest BCUT2D eigenvalue weighted by Gasteiger charge is -2.10. The molecule has 5 nitrogen and oxygen atoms in total. The van der Waals surface area contributed by atoms with Gasteiger partial charge in [-0.2, -0.15) is 0 Å². The lowest BCUT2D eigenvalue weighted by molar-refractivity contribution is 1.15. The van der Waals surface area contributed by atoms with Crippen molar-refractivity contribution in [1.82, 2.24) is 9.97 Å². The van der Waals surface area contributed by atoms with Gasteiger partial charge in [0.05, 0.1) is 5.69 Å². The summed E-state index contributed by atoms with van der Waals surface area (Å²) in [6, 6.07) is 9.85. The van der Waals surface area contributed by atoms with Crippen molar-refractivity contribution in [2.45, 2.75) is 13.8 Å². The van der Waals surface area contributed by atoms with Crippen LogP contribution in [-0.2, 0) is 0 Å². The van der Waals surface area contributed by atoms with Gasteiger partial charge in [-0.15, -0.1) is 0 Å². The zero-order valence-corrected chi connectivity index (χ0v) is 15.8. The summed E-state index contributed by atoms with van der Waals surface area (Å²) in [6.45, 7) is 15.2. The molecule has 0 aliphatic rings. The Morgan fingerprint density at radius 1 is 1.11 bits per heavy atom. The maximum Gasteiger partial charge on any atom is 0.227 e. The number of nitrogens with one attached hydrogen (secondary N) is 2. The summed E-state index contributed by atoms with van der Waals surface area (Å²) in [5, 5.41) is 6.37. The van der Waals surface area contributed by atoms with Crippen LogP contribution >= 0.6 is 0 Å². The highest BCUT2D eigenvalue weighted by Crippen LogP contribution is 2.21. The van der Waals surface area contributed by atoms with E-state index in [1.165, 1.54) is 0 Å². The Bertz CT molecular complexity index is 905. The van der Waals surface area contributed by atoms with Crippen LogP contribution in [0.5, 0.6) is 0 Å². The van der Waals surface area contributed by atoms with Crippen LogP contribution in [-0.4, -0.2) is 9.97 Å². The van der Waals surface area contributed by atoms with Gasteiger partial charge in [0.2, 0.25) is 5.95 Å². The molecule has 0 aliphatic carbocycles. The average Bonchev–Trinajstić information content (AvgIpc) is 2.65. The molecule has 0 amide bonds. The second-order valence-electron chi connectivity index (χ2n) is 5.95. The fourth-order valence-electron chi connectivity index (χ4n) is 2.32. The molecule has 0 fully saturated rings. The third-order valence-electron chi connectivity index (χ3n) is 3.66. The van der Waals surface area contributed by atoms with Gasteiger partial charge in [0.1, 0.15) is 0 Å². The van der Waals surface area contributed by atoms with Crippen LogP contribution in [0.3, 0.4) is 0 Å². The number of nitrogens with two attached hydrogens (primary N) is 1. The molecule has 27 heavy (non-hydrogen) atoms. The van der Waals surface area contributed by atoms with Crippen LogP contribution < -0.4 is 16.4 Å². The number of rotatable bonds is 8. The minimum Gasteiger partial charge on any atom is -0.399 e. The number of benzene rings is 1. The Hall–Kier alpha value is -3.60. The van der Waals surface area contributed by atoms with Crippen LogP contribution in [0.25, 0.3) is 11.3 Å². The van der Waals surface area contributed by atoms with Crippen molar-refractivity contribution in [3.63, 3.8) is 0 Å². The van der Waals surface area contributed by atoms with Gasteiger partial charge in [-0.25, -0.2) is 9.97 Å². The summed E-state index contributed by atoms with van der Waals surface area (Å²) in [7, 11) is 0. The molecule has 0 aliphatic heterocycles. The molecule has 0 atom stereocenters. The van der Waals surface area contributed by atoms with Gasteiger partial charge in [0.15, 0.2) is 0 Å².